The summed E-state index contributed by atoms with van der Waals surface area (Å²) >= 11 is 6.06. The van der Waals surface area contributed by atoms with Crippen LogP contribution in [0.25, 0.3) is 0 Å². The standard InChI is InChI=1S/C17H16ClN3O3S/c18-14-3-6-17(21-7-9-24-10-8-21)16(11-14)20-25(22,23)15-4-1-13(12-19)2-5-15/h1-6,11,20H,7-10H2. The highest BCUT2D eigenvalue weighted by Gasteiger charge is 2.20. The maximum absolute atomic E-state index is 12.7. The van der Waals surface area contributed by atoms with Crippen molar-refractivity contribution >= 4 is 33.0 Å². The SMILES string of the molecule is N#Cc1ccc(S(=O)(=O)Nc2cc(Cl)ccc2N2CCOCC2)cc1. The lowest BCUT2D eigenvalue weighted by Crippen LogP contribution is -2.36. The maximum atomic E-state index is 12.7. The van der Waals surface area contributed by atoms with Crippen LogP contribution in [0.4, 0.5) is 11.4 Å². The van der Waals surface area contributed by atoms with Crippen LogP contribution in [-0.4, -0.2) is 34.7 Å². The van der Waals surface area contributed by atoms with Crippen LogP contribution in [0.5, 0.6) is 0 Å². The minimum Gasteiger partial charge on any atom is -0.378 e. The van der Waals surface area contributed by atoms with Crippen molar-refractivity contribution in [2.75, 3.05) is 35.9 Å². The highest BCUT2D eigenvalue weighted by Crippen LogP contribution is 2.31. The van der Waals surface area contributed by atoms with Gasteiger partial charge in [-0.2, -0.15) is 5.26 Å². The monoisotopic (exact) mass is 377 g/mol. The highest BCUT2D eigenvalue weighted by atomic mass is 35.5. The van der Waals surface area contributed by atoms with Crippen molar-refractivity contribution in [1.82, 2.24) is 0 Å². The van der Waals surface area contributed by atoms with Gasteiger partial charge in [0.2, 0.25) is 0 Å². The molecule has 25 heavy (non-hydrogen) atoms. The molecule has 0 bridgehead atoms. The molecule has 0 spiro atoms. The normalized spacial score (nSPS) is 14.8. The Bertz CT molecular complexity index is 902. The molecular formula is C17H16ClN3O3S. The fourth-order valence-electron chi connectivity index (χ4n) is 2.58. The van der Waals surface area contributed by atoms with Crippen molar-refractivity contribution in [3.63, 3.8) is 0 Å². The number of nitrogens with zero attached hydrogens (tertiary/aromatic N) is 2. The molecule has 0 amide bonds. The molecule has 2 aromatic rings. The minimum absolute atomic E-state index is 0.0828. The van der Waals surface area contributed by atoms with Crippen LogP contribution in [0.2, 0.25) is 5.02 Å². The molecule has 1 saturated heterocycles. The number of nitrogens with one attached hydrogen (secondary N) is 1. The molecule has 0 aromatic heterocycles. The molecule has 0 unspecified atom stereocenters. The van der Waals surface area contributed by atoms with E-state index >= 15 is 0 Å². The van der Waals surface area contributed by atoms with Gasteiger partial charge in [-0.15, -0.1) is 0 Å². The topological polar surface area (TPSA) is 82.4 Å². The number of sulfonamides is 1. The summed E-state index contributed by atoms with van der Waals surface area (Å²) in [6.07, 6.45) is 0. The van der Waals surface area contributed by atoms with Gasteiger partial charge in [-0.25, -0.2) is 8.42 Å². The third-order valence-electron chi connectivity index (χ3n) is 3.85. The van der Waals surface area contributed by atoms with Crippen LogP contribution in [0, 0.1) is 11.3 Å². The van der Waals surface area contributed by atoms with Gasteiger partial charge in [-0.3, -0.25) is 4.72 Å². The van der Waals surface area contributed by atoms with Gasteiger partial charge in [-0.1, -0.05) is 11.6 Å². The van der Waals surface area contributed by atoms with E-state index in [1.54, 1.807) is 18.2 Å². The summed E-state index contributed by atoms with van der Waals surface area (Å²) in [7, 11) is -3.79. The zero-order chi connectivity index (χ0) is 17.9. The number of ether oxygens (including phenoxy) is 1. The van der Waals surface area contributed by atoms with Gasteiger partial charge >= 0.3 is 0 Å². The Hall–Kier alpha value is -2.27. The summed E-state index contributed by atoms with van der Waals surface area (Å²) in [5.41, 5.74) is 1.57. The largest absolute Gasteiger partial charge is 0.378 e. The van der Waals surface area contributed by atoms with Crippen LogP contribution < -0.4 is 9.62 Å². The Balaban J connectivity index is 1.92. The molecule has 2 aromatic carbocycles. The number of morpholine rings is 1. The first-order valence-electron chi connectivity index (χ1n) is 7.65. The molecule has 1 aliphatic heterocycles. The number of nitriles is 1. The van der Waals surface area contributed by atoms with Gasteiger partial charge in [-0.05, 0) is 42.5 Å². The van der Waals surface area contributed by atoms with Gasteiger partial charge in [0.15, 0.2) is 0 Å². The first-order chi connectivity index (χ1) is 12.0. The molecular weight excluding hydrogens is 362 g/mol. The molecule has 130 valence electrons. The van der Waals surface area contributed by atoms with Crippen LogP contribution in [-0.2, 0) is 14.8 Å². The molecule has 0 saturated carbocycles. The van der Waals surface area contributed by atoms with Crippen molar-refractivity contribution in [2.45, 2.75) is 4.90 Å². The molecule has 8 heteroatoms. The average molecular weight is 378 g/mol. The number of rotatable bonds is 4. The molecule has 1 N–H and O–H groups in total. The molecule has 0 radical (unpaired) electrons. The van der Waals surface area contributed by atoms with E-state index in [1.807, 2.05) is 6.07 Å². The third kappa shape index (κ3) is 4.04. The van der Waals surface area contributed by atoms with E-state index in [0.717, 1.165) is 5.69 Å². The predicted molar refractivity (Wildman–Crippen MR) is 96.4 cm³/mol. The number of hydrogen-bond acceptors (Lipinski definition) is 5. The van der Waals surface area contributed by atoms with E-state index < -0.39 is 10.0 Å². The summed E-state index contributed by atoms with van der Waals surface area (Å²) in [5, 5.41) is 9.27. The van der Waals surface area contributed by atoms with Crippen LogP contribution in [0.15, 0.2) is 47.4 Å². The molecule has 1 fully saturated rings. The van der Waals surface area contributed by atoms with Crippen LogP contribution in [0.1, 0.15) is 5.56 Å². The summed E-state index contributed by atoms with van der Waals surface area (Å²) in [4.78, 5) is 2.13. The Morgan fingerprint density at radius 3 is 2.44 bits per heavy atom. The van der Waals surface area contributed by atoms with Gasteiger partial charge in [0.25, 0.3) is 10.0 Å². The van der Waals surface area contributed by atoms with Gasteiger partial charge in [0, 0.05) is 18.1 Å². The molecule has 1 aliphatic rings. The number of anilines is 2. The third-order valence-corrected chi connectivity index (χ3v) is 5.46. The lowest BCUT2D eigenvalue weighted by atomic mass is 10.2. The second-order valence-corrected chi connectivity index (χ2v) is 7.62. The fourth-order valence-corrected chi connectivity index (χ4v) is 3.82. The first kappa shape index (κ1) is 17.5. The van der Waals surface area contributed by atoms with Gasteiger partial charge in [0.05, 0.1) is 41.1 Å². The smallest absolute Gasteiger partial charge is 0.261 e. The summed E-state index contributed by atoms with van der Waals surface area (Å²) in [6.45, 7) is 2.52. The van der Waals surface area contributed by atoms with E-state index in [2.05, 4.69) is 9.62 Å². The zero-order valence-corrected chi connectivity index (χ0v) is 14.8. The Kier molecular flexibility index (Phi) is 5.13. The summed E-state index contributed by atoms with van der Waals surface area (Å²) in [6, 6.07) is 12.8. The average Bonchev–Trinajstić information content (AvgIpc) is 2.62. The Morgan fingerprint density at radius 1 is 1.12 bits per heavy atom. The zero-order valence-electron chi connectivity index (χ0n) is 13.3. The predicted octanol–water partition coefficient (Wildman–Crippen LogP) is 2.85. The summed E-state index contributed by atoms with van der Waals surface area (Å²) in [5.74, 6) is 0. The lowest BCUT2D eigenvalue weighted by Gasteiger charge is -2.30. The van der Waals surface area contributed by atoms with E-state index in [4.69, 9.17) is 21.6 Å². The van der Waals surface area contributed by atoms with Crippen molar-refractivity contribution in [1.29, 1.82) is 5.26 Å². The second-order valence-electron chi connectivity index (χ2n) is 5.50. The Labute approximate surface area is 151 Å². The second kappa shape index (κ2) is 7.31. The quantitative estimate of drug-likeness (QED) is 0.885. The molecule has 0 aliphatic carbocycles. The number of benzene rings is 2. The van der Waals surface area contributed by atoms with Crippen molar-refractivity contribution in [3.05, 3.63) is 53.1 Å². The lowest BCUT2D eigenvalue weighted by molar-refractivity contribution is 0.123. The number of halogens is 1. The van der Waals surface area contributed by atoms with Crippen LogP contribution >= 0.6 is 11.6 Å². The van der Waals surface area contributed by atoms with E-state index in [9.17, 15) is 8.42 Å². The number of hydrogen-bond donors (Lipinski definition) is 1. The fraction of sp³-hybridized carbons (Fsp3) is 0.235. The van der Waals surface area contributed by atoms with E-state index in [1.165, 1.54) is 24.3 Å². The maximum Gasteiger partial charge on any atom is 0.261 e. The molecule has 6 nitrogen and oxygen atoms in total. The molecule has 1 heterocycles. The molecule has 0 atom stereocenters. The van der Waals surface area contributed by atoms with E-state index in [0.29, 0.717) is 42.6 Å². The van der Waals surface area contributed by atoms with Crippen molar-refractivity contribution in [2.24, 2.45) is 0 Å². The van der Waals surface area contributed by atoms with Crippen molar-refractivity contribution < 1.29 is 13.2 Å². The Morgan fingerprint density at radius 2 is 1.80 bits per heavy atom. The summed E-state index contributed by atoms with van der Waals surface area (Å²) < 4.78 is 33.3. The van der Waals surface area contributed by atoms with Crippen molar-refractivity contribution in [3.8, 4) is 6.07 Å². The minimum atomic E-state index is -3.79. The van der Waals surface area contributed by atoms with E-state index in [-0.39, 0.29) is 4.90 Å². The molecule has 3 rings (SSSR count). The first-order valence-corrected chi connectivity index (χ1v) is 9.51. The van der Waals surface area contributed by atoms with Gasteiger partial charge < -0.3 is 9.64 Å². The van der Waals surface area contributed by atoms with Crippen LogP contribution in [0.3, 0.4) is 0 Å². The van der Waals surface area contributed by atoms with Gasteiger partial charge in [0.1, 0.15) is 0 Å². The highest BCUT2D eigenvalue weighted by molar-refractivity contribution is 7.92.